The molecular weight excluding hydrogens is 272 g/mol. The largest absolute Gasteiger partial charge is 0.490 e. The van der Waals surface area contributed by atoms with Crippen LogP contribution in [0, 0.1) is 0 Å². The summed E-state index contributed by atoms with van der Waals surface area (Å²) in [5.74, 6) is 1.69. The van der Waals surface area contributed by atoms with E-state index in [1.165, 1.54) is 32.1 Å². The number of halogens is 1. The lowest BCUT2D eigenvalue weighted by atomic mass is 10.0. The predicted octanol–water partition coefficient (Wildman–Crippen LogP) is 5.49. The fourth-order valence-corrected chi connectivity index (χ4v) is 2.76. The third kappa shape index (κ3) is 4.59. The van der Waals surface area contributed by atoms with Gasteiger partial charge in [0.15, 0.2) is 11.5 Å². The van der Waals surface area contributed by atoms with Crippen LogP contribution in [0.4, 0.5) is 0 Å². The van der Waals surface area contributed by atoms with E-state index in [1.54, 1.807) is 0 Å². The van der Waals surface area contributed by atoms with Gasteiger partial charge in [-0.3, -0.25) is 0 Å². The van der Waals surface area contributed by atoms with Crippen LogP contribution >= 0.6 is 11.6 Å². The second-order valence-corrected chi connectivity index (χ2v) is 5.95. The van der Waals surface area contributed by atoms with Crippen molar-refractivity contribution >= 4 is 11.6 Å². The van der Waals surface area contributed by atoms with Crippen molar-refractivity contribution in [2.45, 2.75) is 57.2 Å². The number of hydrogen-bond donors (Lipinski definition) is 0. The summed E-state index contributed by atoms with van der Waals surface area (Å²) in [6.45, 7) is 3.69. The number of ether oxygens (including phenoxy) is 2. The predicted molar refractivity (Wildman–Crippen MR) is 84.0 cm³/mol. The first-order chi connectivity index (χ1) is 9.81. The van der Waals surface area contributed by atoms with Crippen molar-refractivity contribution in [3.8, 4) is 11.5 Å². The van der Waals surface area contributed by atoms with Gasteiger partial charge in [0, 0.05) is 6.42 Å². The van der Waals surface area contributed by atoms with Crippen molar-refractivity contribution in [3.63, 3.8) is 0 Å². The molecule has 1 unspecified atom stereocenters. The minimum atomic E-state index is 0.0776. The van der Waals surface area contributed by atoms with Crippen LogP contribution in [0.5, 0.6) is 11.5 Å². The average Bonchev–Trinajstić information content (AvgIpc) is 2.71. The summed E-state index contributed by atoms with van der Waals surface area (Å²) in [6.07, 6.45) is 8.38. The van der Waals surface area contributed by atoms with Crippen molar-refractivity contribution < 1.29 is 9.47 Å². The number of fused-ring (bicyclic) bond motifs is 1. The highest BCUT2D eigenvalue weighted by Crippen LogP contribution is 2.35. The topological polar surface area (TPSA) is 18.5 Å². The number of unbranched alkanes of at least 4 members (excludes halogenated alkanes) is 4. The van der Waals surface area contributed by atoms with Gasteiger partial charge in [-0.05, 0) is 24.1 Å². The van der Waals surface area contributed by atoms with Gasteiger partial charge >= 0.3 is 0 Å². The molecule has 112 valence electrons. The first-order valence-electron chi connectivity index (χ1n) is 7.85. The molecule has 0 aliphatic carbocycles. The SMILES string of the molecule is CCCCCCCC(Cl)c1ccc2c(c1)OCCCO2. The Morgan fingerprint density at radius 1 is 1.05 bits per heavy atom. The van der Waals surface area contributed by atoms with Crippen LogP contribution in [0.2, 0.25) is 0 Å². The minimum absolute atomic E-state index is 0.0776. The van der Waals surface area contributed by atoms with E-state index < -0.39 is 0 Å². The number of hydrogen-bond acceptors (Lipinski definition) is 2. The first kappa shape index (κ1) is 15.5. The van der Waals surface area contributed by atoms with Gasteiger partial charge in [0.2, 0.25) is 0 Å². The highest BCUT2D eigenvalue weighted by Gasteiger charge is 2.14. The molecule has 1 aliphatic heterocycles. The molecular formula is C17H25ClO2. The van der Waals surface area contributed by atoms with Crippen molar-refractivity contribution in [2.75, 3.05) is 13.2 Å². The monoisotopic (exact) mass is 296 g/mol. The molecule has 0 fully saturated rings. The summed E-state index contributed by atoms with van der Waals surface area (Å²) in [4.78, 5) is 0. The van der Waals surface area contributed by atoms with E-state index in [9.17, 15) is 0 Å². The molecule has 1 aromatic rings. The van der Waals surface area contributed by atoms with Crippen molar-refractivity contribution in [1.29, 1.82) is 0 Å². The third-order valence-corrected chi connectivity index (χ3v) is 4.16. The summed E-state index contributed by atoms with van der Waals surface area (Å²) < 4.78 is 11.4. The lowest BCUT2D eigenvalue weighted by Gasteiger charge is -2.13. The molecule has 0 spiro atoms. The Morgan fingerprint density at radius 2 is 1.80 bits per heavy atom. The second-order valence-electron chi connectivity index (χ2n) is 5.43. The van der Waals surface area contributed by atoms with E-state index in [0.717, 1.165) is 43.1 Å². The fraction of sp³-hybridized carbons (Fsp3) is 0.647. The molecule has 0 amide bonds. The molecule has 2 nitrogen and oxygen atoms in total. The van der Waals surface area contributed by atoms with Gasteiger partial charge in [0.1, 0.15) is 0 Å². The van der Waals surface area contributed by atoms with Crippen LogP contribution in [0.1, 0.15) is 62.8 Å². The molecule has 0 N–H and O–H groups in total. The van der Waals surface area contributed by atoms with E-state index in [1.807, 2.05) is 12.1 Å². The lowest BCUT2D eigenvalue weighted by Crippen LogP contribution is -1.97. The highest BCUT2D eigenvalue weighted by molar-refractivity contribution is 6.20. The van der Waals surface area contributed by atoms with Crippen LogP contribution in [-0.4, -0.2) is 13.2 Å². The molecule has 0 saturated carbocycles. The van der Waals surface area contributed by atoms with E-state index in [-0.39, 0.29) is 5.38 Å². The summed E-state index contributed by atoms with van der Waals surface area (Å²) in [5.41, 5.74) is 1.14. The van der Waals surface area contributed by atoms with Crippen molar-refractivity contribution in [2.24, 2.45) is 0 Å². The van der Waals surface area contributed by atoms with E-state index in [2.05, 4.69) is 13.0 Å². The molecule has 3 heteroatoms. The van der Waals surface area contributed by atoms with Gasteiger partial charge in [-0.2, -0.15) is 0 Å². The maximum Gasteiger partial charge on any atom is 0.161 e. The Bertz CT molecular complexity index is 406. The molecule has 1 aliphatic rings. The van der Waals surface area contributed by atoms with E-state index in [4.69, 9.17) is 21.1 Å². The molecule has 0 aromatic heterocycles. The van der Waals surface area contributed by atoms with Gasteiger partial charge in [0.25, 0.3) is 0 Å². The van der Waals surface area contributed by atoms with Gasteiger partial charge < -0.3 is 9.47 Å². The Labute approximate surface area is 127 Å². The highest BCUT2D eigenvalue weighted by atomic mass is 35.5. The number of alkyl halides is 1. The Hall–Kier alpha value is -0.890. The van der Waals surface area contributed by atoms with Gasteiger partial charge in [0.05, 0.1) is 18.6 Å². The van der Waals surface area contributed by atoms with Crippen LogP contribution in [0.25, 0.3) is 0 Å². The van der Waals surface area contributed by atoms with Gasteiger partial charge in [-0.1, -0.05) is 45.1 Å². The van der Waals surface area contributed by atoms with Crippen LogP contribution in [0.3, 0.4) is 0 Å². The molecule has 0 saturated heterocycles. The zero-order valence-corrected chi connectivity index (χ0v) is 13.1. The fourth-order valence-electron chi connectivity index (χ4n) is 2.47. The Morgan fingerprint density at radius 3 is 2.60 bits per heavy atom. The average molecular weight is 297 g/mol. The summed E-state index contributed by atoms with van der Waals surface area (Å²) in [6, 6.07) is 6.10. The van der Waals surface area contributed by atoms with Crippen LogP contribution < -0.4 is 9.47 Å². The summed E-state index contributed by atoms with van der Waals surface area (Å²) in [7, 11) is 0. The first-order valence-corrected chi connectivity index (χ1v) is 8.28. The maximum atomic E-state index is 6.51. The standard InChI is InChI=1S/C17H25ClO2/c1-2-3-4-5-6-8-15(18)14-9-10-16-17(13-14)20-12-7-11-19-16/h9-10,13,15H,2-8,11-12H2,1H3. The van der Waals surface area contributed by atoms with Gasteiger partial charge in [-0.25, -0.2) is 0 Å². The van der Waals surface area contributed by atoms with E-state index >= 15 is 0 Å². The second kappa shape index (κ2) is 8.41. The molecule has 2 rings (SSSR count). The molecule has 1 aromatic carbocycles. The molecule has 0 bridgehead atoms. The van der Waals surface area contributed by atoms with Crippen molar-refractivity contribution in [3.05, 3.63) is 23.8 Å². The quantitative estimate of drug-likeness (QED) is 0.489. The molecule has 20 heavy (non-hydrogen) atoms. The smallest absolute Gasteiger partial charge is 0.161 e. The molecule has 1 atom stereocenters. The van der Waals surface area contributed by atoms with E-state index in [0.29, 0.717) is 0 Å². The zero-order chi connectivity index (χ0) is 14.2. The Kier molecular flexibility index (Phi) is 6.52. The summed E-state index contributed by atoms with van der Waals surface area (Å²) in [5, 5.41) is 0.0776. The number of benzene rings is 1. The molecule has 1 heterocycles. The zero-order valence-electron chi connectivity index (χ0n) is 12.4. The Balaban J connectivity index is 1.86. The number of rotatable bonds is 7. The minimum Gasteiger partial charge on any atom is -0.490 e. The third-order valence-electron chi connectivity index (χ3n) is 3.69. The normalized spacial score (nSPS) is 15.7. The van der Waals surface area contributed by atoms with Crippen LogP contribution in [-0.2, 0) is 0 Å². The maximum absolute atomic E-state index is 6.51. The van der Waals surface area contributed by atoms with Crippen LogP contribution in [0.15, 0.2) is 18.2 Å². The molecule has 0 radical (unpaired) electrons. The summed E-state index contributed by atoms with van der Waals surface area (Å²) >= 11 is 6.51. The van der Waals surface area contributed by atoms with Crippen molar-refractivity contribution in [1.82, 2.24) is 0 Å². The lowest BCUT2D eigenvalue weighted by molar-refractivity contribution is 0.297. The van der Waals surface area contributed by atoms with Gasteiger partial charge in [-0.15, -0.1) is 11.6 Å².